The third-order valence-corrected chi connectivity index (χ3v) is 3.57. The van der Waals surface area contributed by atoms with E-state index in [1.54, 1.807) is 0 Å². The van der Waals surface area contributed by atoms with E-state index in [0.29, 0.717) is 17.6 Å². The van der Waals surface area contributed by atoms with Gasteiger partial charge < -0.3 is 10.1 Å². The van der Waals surface area contributed by atoms with E-state index in [1.165, 1.54) is 12.0 Å². The summed E-state index contributed by atoms with van der Waals surface area (Å²) in [5, 5.41) is 3.66. The molecule has 2 heteroatoms. The second-order valence-corrected chi connectivity index (χ2v) is 6.78. The van der Waals surface area contributed by atoms with Gasteiger partial charge in [0.05, 0.1) is 0 Å². The maximum Gasteiger partial charge on any atom is 0.124 e. The van der Waals surface area contributed by atoms with E-state index in [4.69, 9.17) is 4.74 Å². The number of ether oxygens (including phenoxy) is 1. The van der Waals surface area contributed by atoms with Crippen molar-refractivity contribution in [3.05, 3.63) is 29.8 Å². The van der Waals surface area contributed by atoms with Gasteiger partial charge in [-0.2, -0.15) is 0 Å². The zero-order valence-corrected chi connectivity index (χ0v) is 12.7. The molecular formula is C17H27NO. The minimum Gasteiger partial charge on any atom is -0.490 e. The average Bonchev–Trinajstić information content (AvgIpc) is 2.34. The molecule has 106 valence electrons. The molecule has 2 nitrogen and oxygen atoms in total. The van der Waals surface area contributed by atoms with Gasteiger partial charge in [-0.3, -0.25) is 0 Å². The van der Waals surface area contributed by atoms with Crippen LogP contribution < -0.4 is 10.1 Å². The van der Waals surface area contributed by atoms with Crippen LogP contribution in [0.4, 0.5) is 0 Å². The molecular weight excluding hydrogens is 234 g/mol. The van der Waals surface area contributed by atoms with Gasteiger partial charge in [0.1, 0.15) is 11.9 Å². The van der Waals surface area contributed by atoms with Crippen molar-refractivity contribution >= 4 is 0 Å². The highest BCUT2D eigenvalue weighted by Gasteiger charge is 2.30. The molecule has 0 aliphatic carbocycles. The van der Waals surface area contributed by atoms with Gasteiger partial charge in [-0.1, -0.05) is 45.9 Å². The van der Waals surface area contributed by atoms with Gasteiger partial charge in [-0.05, 0) is 30.9 Å². The van der Waals surface area contributed by atoms with Crippen LogP contribution in [-0.2, 0) is 0 Å². The Balaban J connectivity index is 2.14. The maximum atomic E-state index is 6.18. The lowest BCUT2D eigenvalue weighted by molar-refractivity contribution is 0.105. The number of benzene rings is 1. The van der Waals surface area contributed by atoms with Crippen molar-refractivity contribution < 1.29 is 4.74 Å². The summed E-state index contributed by atoms with van der Waals surface area (Å²) in [7, 11) is 0. The van der Waals surface area contributed by atoms with Crippen LogP contribution in [0.1, 0.15) is 58.6 Å². The van der Waals surface area contributed by atoms with E-state index in [9.17, 15) is 0 Å². The zero-order chi connectivity index (χ0) is 13.9. The third-order valence-electron chi connectivity index (χ3n) is 3.57. The first-order valence-corrected chi connectivity index (χ1v) is 7.48. The van der Waals surface area contributed by atoms with Gasteiger partial charge in [-0.25, -0.2) is 0 Å². The van der Waals surface area contributed by atoms with Gasteiger partial charge in [0.2, 0.25) is 0 Å². The van der Waals surface area contributed by atoms with Crippen LogP contribution in [0.15, 0.2) is 24.3 Å². The number of rotatable bonds is 4. The fourth-order valence-corrected chi connectivity index (χ4v) is 2.81. The molecule has 1 N–H and O–H groups in total. The van der Waals surface area contributed by atoms with Crippen LogP contribution in [0.2, 0.25) is 0 Å². The number of nitrogens with one attached hydrogen (secondary N) is 1. The highest BCUT2D eigenvalue weighted by atomic mass is 16.5. The van der Waals surface area contributed by atoms with Crippen molar-refractivity contribution in [2.75, 3.05) is 6.54 Å². The maximum absolute atomic E-state index is 6.18. The molecule has 0 aromatic heterocycles. The SMILES string of the molecule is CCCNC1CC(CC(C)(C)C)Oc2ccccc21. The van der Waals surface area contributed by atoms with E-state index in [-0.39, 0.29) is 0 Å². The van der Waals surface area contributed by atoms with Crippen LogP contribution in [0.5, 0.6) is 5.75 Å². The number of hydrogen-bond acceptors (Lipinski definition) is 2. The highest BCUT2D eigenvalue weighted by Crippen LogP contribution is 2.38. The number of hydrogen-bond donors (Lipinski definition) is 1. The molecule has 1 aliphatic rings. The topological polar surface area (TPSA) is 21.3 Å². The fourth-order valence-electron chi connectivity index (χ4n) is 2.81. The summed E-state index contributed by atoms with van der Waals surface area (Å²) in [6.45, 7) is 10.1. The lowest BCUT2D eigenvalue weighted by Crippen LogP contribution is -2.35. The number of para-hydroxylation sites is 1. The molecule has 1 aliphatic heterocycles. The largest absolute Gasteiger partial charge is 0.490 e. The van der Waals surface area contributed by atoms with Gasteiger partial charge in [0.25, 0.3) is 0 Å². The Hall–Kier alpha value is -1.02. The molecule has 0 bridgehead atoms. The second-order valence-electron chi connectivity index (χ2n) is 6.78. The first kappa shape index (κ1) is 14.4. The van der Waals surface area contributed by atoms with Crippen LogP contribution in [-0.4, -0.2) is 12.6 Å². The summed E-state index contributed by atoms with van der Waals surface area (Å²) < 4.78 is 6.18. The van der Waals surface area contributed by atoms with Gasteiger partial charge in [0.15, 0.2) is 0 Å². The smallest absolute Gasteiger partial charge is 0.124 e. The lowest BCUT2D eigenvalue weighted by atomic mass is 9.85. The minimum atomic E-state index is 0.312. The van der Waals surface area contributed by atoms with Crippen LogP contribution in [0, 0.1) is 5.41 Å². The Labute approximate surface area is 117 Å². The Morgan fingerprint density at radius 1 is 1.26 bits per heavy atom. The van der Waals surface area contributed by atoms with Crippen LogP contribution in [0.3, 0.4) is 0 Å². The van der Waals surface area contributed by atoms with Crippen molar-refractivity contribution in [1.82, 2.24) is 5.32 Å². The summed E-state index contributed by atoms with van der Waals surface area (Å²) in [6.07, 6.45) is 3.67. The second kappa shape index (κ2) is 5.96. The molecule has 19 heavy (non-hydrogen) atoms. The van der Waals surface area contributed by atoms with E-state index < -0.39 is 0 Å². The standard InChI is InChI=1S/C17H27NO/c1-5-10-18-15-11-13(12-17(2,3)4)19-16-9-7-6-8-14(15)16/h6-9,13,15,18H,5,10-12H2,1-4H3. The van der Waals surface area contributed by atoms with Crippen molar-refractivity contribution in [1.29, 1.82) is 0 Å². The van der Waals surface area contributed by atoms with E-state index in [2.05, 4.69) is 57.3 Å². The van der Waals surface area contributed by atoms with Gasteiger partial charge >= 0.3 is 0 Å². The van der Waals surface area contributed by atoms with Gasteiger partial charge in [0, 0.05) is 18.0 Å². The normalized spacial score (nSPS) is 22.7. The zero-order valence-electron chi connectivity index (χ0n) is 12.7. The predicted octanol–water partition coefficient (Wildman–Crippen LogP) is 4.31. The first-order chi connectivity index (χ1) is 8.99. The average molecular weight is 261 g/mol. The Bertz CT molecular complexity index is 408. The minimum absolute atomic E-state index is 0.312. The monoisotopic (exact) mass is 261 g/mol. The van der Waals surface area contributed by atoms with E-state index in [0.717, 1.165) is 25.1 Å². The summed E-state index contributed by atoms with van der Waals surface area (Å²) in [6, 6.07) is 8.90. The Kier molecular flexibility index (Phi) is 4.51. The quantitative estimate of drug-likeness (QED) is 0.871. The molecule has 0 spiro atoms. The van der Waals surface area contributed by atoms with E-state index >= 15 is 0 Å². The van der Waals surface area contributed by atoms with Crippen molar-refractivity contribution in [3.8, 4) is 5.75 Å². The molecule has 0 saturated heterocycles. The summed E-state index contributed by atoms with van der Waals surface area (Å²) in [4.78, 5) is 0. The van der Waals surface area contributed by atoms with Crippen molar-refractivity contribution in [3.63, 3.8) is 0 Å². The molecule has 2 rings (SSSR count). The van der Waals surface area contributed by atoms with Crippen LogP contribution >= 0.6 is 0 Å². The fraction of sp³-hybridized carbons (Fsp3) is 0.647. The number of fused-ring (bicyclic) bond motifs is 1. The third kappa shape index (κ3) is 3.97. The molecule has 1 heterocycles. The summed E-state index contributed by atoms with van der Waals surface area (Å²) in [5.74, 6) is 1.07. The molecule has 0 radical (unpaired) electrons. The highest BCUT2D eigenvalue weighted by molar-refractivity contribution is 5.37. The van der Waals surface area contributed by atoms with E-state index in [1.807, 2.05) is 0 Å². The molecule has 2 atom stereocenters. The van der Waals surface area contributed by atoms with Crippen LogP contribution in [0.25, 0.3) is 0 Å². The predicted molar refractivity (Wildman–Crippen MR) is 80.6 cm³/mol. The summed E-state index contributed by atoms with van der Waals surface area (Å²) >= 11 is 0. The molecule has 2 unspecified atom stereocenters. The molecule has 0 fully saturated rings. The molecule has 0 amide bonds. The Morgan fingerprint density at radius 2 is 2.00 bits per heavy atom. The van der Waals surface area contributed by atoms with Crippen molar-refractivity contribution in [2.45, 2.75) is 59.1 Å². The first-order valence-electron chi connectivity index (χ1n) is 7.48. The lowest BCUT2D eigenvalue weighted by Gasteiger charge is -2.35. The Morgan fingerprint density at radius 3 is 2.68 bits per heavy atom. The van der Waals surface area contributed by atoms with Gasteiger partial charge in [-0.15, -0.1) is 0 Å². The molecule has 1 aromatic rings. The molecule has 1 aromatic carbocycles. The molecule has 0 saturated carbocycles. The van der Waals surface area contributed by atoms with Crippen molar-refractivity contribution in [2.24, 2.45) is 5.41 Å². The summed E-state index contributed by atoms with van der Waals surface area (Å²) in [5.41, 5.74) is 1.63.